The molecule has 0 bridgehead atoms. The molecule has 5 heteroatoms. The molecule has 1 heterocycles. The van der Waals surface area contributed by atoms with Gasteiger partial charge in [-0.3, -0.25) is 4.79 Å². The summed E-state index contributed by atoms with van der Waals surface area (Å²) in [5, 5.41) is 12.7. The maximum absolute atomic E-state index is 13.4. The minimum absolute atomic E-state index is 0.00724. The zero-order valence-electron chi connectivity index (χ0n) is 14.6. The Hall–Kier alpha value is -3.39. The van der Waals surface area contributed by atoms with E-state index in [1.165, 1.54) is 12.1 Å². The predicted molar refractivity (Wildman–Crippen MR) is 99.6 cm³/mol. The Bertz CT molecular complexity index is 1000. The maximum Gasteiger partial charge on any atom is 0.162 e. The highest BCUT2D eigenvalue weighted by Gasteiger charge is 2.39. The number of benzene rings is 2. The number of nitrogens with zero attached hydrogens (tertiary/aromatic N) is 1. The van der Waals surface area contributed by atoms with Crippen molar-refractivity contribution in [1.82, 2.24) is 5.32 Å². The van der Waals surface area contributed by atoms with Crippen molar-refractivity contribution in [1.29, 1.82) is 5.26 Å². The monoisotopic (exact) mass is 359 g/mol. The average Bonchev–Trinajstić information content (AvgIpc) is 2.68. The molecule has 0 radical (unpaired) electrons. The second-order valence-corrected chi connectivity index (χ2v) is 6.88. The van der Waals surface area contributed by atoms with Gasteiger partial charge in [0.1, 0.15) is 11.6 Å². The van der Waals surface area contributed by atoms with Crippen molar-refractivity contribution in [3.05, 3.63) is 94.2 Å². The Kier molecular flexibility index (Phi) is 4.25. The first-order valence-electron chi connectivity index (χ1n) is 8.82. The molecule has 2 aromatic carbocycles. The van der Waals surface area contributed by atoms with Crippen molar-refractivity contribution in [2.75, 3.05) is 0 Å². The molecule has 0 spiro atoms. The van der Waals surface area contributed by atoms with Crippen LogP contribution in [0, 0.1) is 17.1 Å². The number of hydrogen-bond donors (Lipinski definition) is 2. The number of Topliss-reactive ketones (excluding diaryl/α,β-unsaturated/α-hetero) is 1. The van der Waals surface area contributed by atoms with E-state index in [2.05, 4.69) is 11.4 Å². The van der Waals surface area contributed by atoms with Crippen molar-refractivity contribution < 1.29 is 9.18 Å². The molecule has 0 fully saturated rings. The van der Waals surface area contributed by atoms with Gasteiger partial charge in [-0.1, -0.05) is 42.5 Å². The summed E-state index contributed by atoms with van der Waals surface area (Å²) in [5.41, 5.74) is 9.53. The molecule has 4 rings (SSSR count). The number of nitriles is 1. The Morgan fingerprint density at radius 2 is 1.74 bits per heavy atom. The standard InChI is InChI=1S/C22H18FN3O/c23-16-8-6-14(7-9-16)20-17(12-24)22(25)26-18-10-15(11-19(27)21(18)20)13-4-2-1-3-5-13/h1-9,15,20,26H,10-11,25H2. The smallest absolute Gasteiger partial charge is 0.162 e. The minimum atomic E-state index is -0.559. The molecule has 0 aromatic heterocycles. The van der Waals surface area contributed by atoms with Crippen molar-refractivity contribution in [3.63, 3.8) is 0 Å². The first-order valence-corrected chi connectivity index (χ1v) is 8.82. The summed E-state index contributed by atoms with van der Waals surface area (Å²) < 4.78 is 13.4. The van der Waals surface area contributed by atoms with Gasteiger partial charge in [0.25, 0.3) is 0 Å². The van der Waals surface area contributed by atoms with E-state index in [-0.39, 0.29) is 23.3 Å². The maximum atomic E-state index is 13.4. The molecule has 1 aliphatic heterocycles. The second-order valence-electron chi connectivity index (χ2n) is 6.88. The molecule has 0 saturated carbocycles. The zero-order chi connectivity index (χ0) is 19.0. The quantitative estimate of drug-likeness (QED) is 0.859. The summed E-state index contributed by atoms with van der Waals surface area (Å²) in [7, 11) is 0. The van der Waals surface area contributed by atoms with Gasteiger partial charge in [-0.25, -0.2) is 4.39 Å². The first-order chi connectivity index (χ1) is 13.1. The zero-order valence-corrected chi connectivity index (χ0v) is 14.6. The normalized spacial score (nSPS) is 22.1. The van der Waals surface area contributed by atoms with Crippen molar-refractivity contribution in [3.8, 4) is 6.07 Å². The van der Waals surface area contributed by atoms with Crippen LogP contribution in [0.5, 0.6) is 0 Å². The molecular formula is C22H18FN3O. The highest BCUT2D eigenvalue weighted by atomic mass is 19.1. The van der Waals surface area contributed by atoms with Crippen LogP contribution in [0.2, 0.25) is 0 Å². The number of dihydropyridines is 1. The van der Waals surface area contributed by atoms with Crippen LogP contribution in [-0.4, -0.2) is 5.78 Å². The third-order valence-electron chi connectivity index (χ3n) is 5.26. The van der Waals surface area contributed by atoms with Crippen molar-refractivity contribution in [2.45, 2.75) is 24.7 Å². The molecule has 2 unspecified atom stereocenters. The summed E-state index contributed by atoms with van der Waals surface area (Å²) in [4.78, 5) is 13.1. The number of allylic oxidation sites excluding steroid dienone is 3. The lowest BCUT2D eigenvalue weighted by atomic mass is 9.72. The van der Waals surface area contributed by atoms with Gasteiger partial charge in [0.15, 0.2) is 5.78 Å². The van der Waals surface area contributed by atoms with E-state index in [1.807, 2.05) is 30.3 Å². The van der Waals surface area contributed by atoms with Crippen LogP contribution < -0.4 is 11.1 Å². The van der Waals surface area contributed by atoms with Crippen LogP contribution in [0.15, 0.2) is 77.3 Å². The van der Waals surface area contributed by atoms with Crippen LogP contribution in [0.4, 0.5) is 4.39 Å². The molecular weight excluding hydrogens is 341 g/mol. The van der Waals surface area contributed by atoms with Crippen LogP contribution in [0.3, 0.4) is 0 Å². The van der Waals surface area contributed by atoms with E-state index < -0.39 is 5.92 Å². The van der Waals surface area contributed by atoms with E-state index in [0.717, 1.165) is 11.3 Å². The Morgan fingerprint density at radius 1 is 1.04 bits per heavy atom. The summed E-state index contributed by atoms with van der Waals surface area (Å²) >= 11 is 0. The lowest BCUT2D eigenvalue weighted by Gasteiger charge is -2.35. The number of carbonyl (C=O) groups excluding carboxylic acids is 1. The molecule has 2 aromatic rings. The number of ketones is 1. The first kappa shape index (κ1) is 17.0. The molecule has 0 amide bonds. The lowest BCUT2D eigenvalue weighted by molar-refractivity contribution is -0.116. The lowest BCUT2D eigenvalue weighted by Crippen LogP contribution is -2.36. The molecule has 134 valence electrons. The molecule has 1 aliphatic carbocycles. The Morgan fingerprint density at radius 3 is 2.41 bits per heavy atom. The Labute approximate surface area is 156 Å². The number of nitrogens with one attached hydrogen (secondary N) is 1. The number of nitrogens with two attached hydrogens (primary N) is 1. The summed E-state index contributed by atoms with van der Waals surface area (Å²) in [5.74, 6) is -0.609. The van der Waals surface area contributed by atoms with E-state index in [1.54, 1.807) is 12.1 Å². The highest BCUT2D eigenvalue weighted by Crippen LogP contribution is 2.44. The van der Waals surface area contributed by atoms with Crippen LogP contribution in [-0.2, 0) is 4.79 Å². The fourth-order valence-corrected chi connectivity index (χ4v) is 3.99. The van der Waals surface area contributed by atoms with Gasteiger partial charge in [0, 0.05) is 17.7 Å². The van der Waals surface area contributed by atoms with Crippen molar-refractivity contribution in [2.24, 2.45) is 5.73 Å². The van der Waals surface area contributed by atoms with Crippen LogP contribution in [0.1, 0.15) is 35.8 Å². The number of carbonyl (C=O) groups is 1. The van der Waals surface area contributed by atoms with Gasteiger partial charge >= 0.3 is 0 Å². The minimum Gasteiger partial charge on any atom is -0.384 e. The SMILES string of the molecule is N#CC1=C(N)NC2=C(C(=O)CC(c3ccccc3)C2)C1c1ccc(F)cc1. The average molecular weight is 359 g/mol. The molecule has 4 nitrogen and oxygen atoms in total. The molecule has 2 aliphatic rings. The van der Waals surface area contributed by atoms with E-state index >= 15 is 0 Å². The predicted octanol–water partition coefficient (Wildman–Crippen LogP) is 3.61. The van der Waals surface area contributed by atoms with E-state index in [0.29, 0.717) is 29.6 Å². The number of halogens is 1. The third-order valence-corrected chi connectivity index (χ3v) is 5.26. The Balaban J connectivity index is 1.79. The topological polar surface area (TPSA) is 78.9 Å². The van der Waals surface area contributed by atoms with Crippen LogP contribution >= 0.6 is 0 Å². The second kappa shape index (κ2) is 6.73. The van der Waals surface area contributed by atoms with Crippen molar-refractivity contribution >= 4 is 5.78 Å². The van der Waals surface area contributed by atoms with E-state index in [4.69, 9.17) is 5.73 Å². The largest absolute Gasteiger partial charge is 0.384 e. The van der Waals surface area contributed by atoms with Gasteiger partial charge in [-0.15, -0.1) is 0 Å². The fraction of sp³-hybridized carbons (Fsp3) is 0.182. The van der Waals surface area contributed by atoms with Gasteiger partial charge in [-0.05, 0) is 35.6 Å². The third kappa shape index (κ3) is 3.00. The van der Waals surface area contributed by atoms with Gasteiger partial charge < -0.3 is 11.1 Å². The molecule has 27 heavy (non-hydrogen) atoms. The summed E-state index contributed by atoms with van der Waals surface area (Å²) in [6.07, 6.45) is 1.02. The number of hydrogen-bond acceptors (Lipinski definition) is 4. The number of rotatable bonds is 2. The molecule has 2 atom stereocenters. The van der Waals surface area contributed by atoms with E-state index in [9.17, 15) is 14.4 Å². The molecule has 0 saturated heterocycles. The van der Waals surface area contributed by atoms with Gasteiger partial charge in [0.2, 0.25) is 0 Å². The summed E-state index contributed by atoms with van der Waals surface area (Å²) in [6.45, 7) is 0. The summed E-state index contributed by atoms with van der Waals surface area (Å²) in [6, 6.07) is 17.9. The highest BCUT2D eigenvalue weighted by molar-refractivity contribution is 6.00. The molecule has 3 N–H and O–H groups in total. The van der Waals surface area contributed by atoms with Gasteiger partial charge in [0.05, 0.1) is 17.6 Å². The fourth-order valence-electron chi connectivity index (χ4n) is 3.99. The van der Waals surface area contributed by atoms with Gasteiger partial charge in [-0.2, -0.15) is 5.26 Å². The van der Waals surface area contributed by atoms with Crippen LogP contribution in [0.25, 0.3) is 0 Å².